The van der Waals surface area contributed by atoms with Crippen molar-refractivity contribution in [3.63, 3.8) is 0 Å². The highest BCUT2D eigenvalue weighted by molar-refractivity contribution is 7.85. The predicted molar refractivity (Wildman–Crippen MR) is 216 cm³/mol. The Morgan fingerprint density at radius 3 is 1.28 bits per heavy atom. The smallest absolute Gasteiger partial charge is 0.267 e. The molecule has 292 valence electrons. The number of carbonyl (C=O) groups excluding carboxylic acids is 1. The standard InChI is InChI=1S/C43H79NO5S/c1-3-5-7-9-11-13-15-17-19-20-21-22-23-24-25-27-29-31-33-35-37-39-43(46)44-41(40-50(47,48)49)42(45)38-36-34-32-30-28-26-18-16-14-12-10-8-6-4-2/h14,16,20-21,28,30,36,38,41-42,45H,3-13,15,17-19,22-27,29,31-35,37,39-40H2,1-2H3,(H,44,46)(H,47,48,49)/b16-14+,21-20-,30-28+,38-36+. The van der Waals surface area contributed by atoms with Crippen LogP contribution >= 0.6 is 0 Å². The van der Waals surface area contributed by atoms with E-state index < -0.39 is 28.0 Å². The number of allylic oxidation sites excluding steroid dienone is 7. The molecule has 2 unspecified atom stereocenters. The molecule has 0 aromatic rings. The van der Waals surface area contributed by atoms with E-state index in [4.69, 9.17) is 0 Å². The van der Waals surface area contributed by atoms with Crippen LogP contribution in [0.1, 0.15) is 200 Å². The summed E-state index contributed by atoms with van der Waals surface area (Å²) in [6, 6.07) is -1.08. The molecule has 0 aromatic heterocycles. The average molecular weight is 722 g/mol. The summed E-state index contributed by atoms with van der Waals surface area (Å²) >= 11 is 0. The van der Waals surface area contributed by atoms with Crippen molar-refractivity contribution >= 4 is 16.0 Å². The minimum absolute atomic E-state index is 0.282. The normalized spacial score (nSPS) is 13.8. The molecule has 0 saturated carbocycles. The van der Waals surface area contributed by atoms with Crippen molar-refractivity contribution in [2.45, 2.75) is 212 Å². The molecule has 0 saturated heterocycles. The van der Waals surface area contributed by atoms with Crippen molar-refractivity contribution in [3.05, 3.63) is 48.6 Å². The first-order valence-corrected chi connectivity index (χ1v) is 22.4. The van der Waals surface area contributed by atoms with Gasteiger partial charge in [0.05, 0.1) is 17.9 Å². The Bertz CT molecular complexity index is 972. The minimum Gasteiger partial charge on any atom is -0.387 e. The molecule has 0 radical (unpaired) electrons. The van der Waals surface area contributed by atoms with E-state index in [0.717, 1.165) is 44.9 Å². The van der Waals surface area contributed by atoms with E-state index in [1.165, 1.54) is 134 Å². The van der Waals surface area contributed by atoms with E-state index in [0.29, 0.717) is 6.42 Å². The number of amides is 1. The fourth-order valence-corrected chi connectivity index (χ4v) is 6.80. The lowest BCUT2D eigenvalue weighted by molar-refractivity contribution is -0.122. The van der Waals surface area contributed by atoms with Crippen LogP contribution in [0.25, 0.3) is 0 Å². The summed E-state index contributed by atoms with van der Waals surface area (Å²) < 4.78 is 32.4. The number of aliphatic hydroxyl groups is 1. The molecule has 3 N–H and O–H groups in total. The summed E-state index contributed by atoms with van der Waals surface area (Å²) in [4.78, 5) is 12.5. The quantitative estimate of drug-likeness (QED) is 0.0336. The van der Waals surface area contributed by atoms with Gasteiger partial charge in [-0.3, -0.25) is 9.35 Å². The molecule has 1 amide bonds. The fraction of sp³-hybridized carbons (Fsp3) is 0.791. The molecular weight excluding hydrogens is 643 g/mol. The summed E-state index contributed by atoms with van der Waals surface area (Å²) in [7, 11) is -4.36. The second-order valence-electron chi connectivity index (χ2n) is 14.2. The summed E-state index contributed by atoms with van der Waals surface area (Å²) in [6.07, 6.45) is 49.6. The van der Waals surface area contributed by atoms with Crippen molar-refractivity contribution < 1.29 is 22.9 Å². The highest BCUT2D eigenvalue weighted by Gasteiger charge is 2.24. The molecule has 0 aliphatic heterocycles. The van der Waals surface area contributed by atoms with Crippen LogP contribution in [0.4, 0.5) is 0 Å². The molecule has 50 heavy (non-hydrogen) atoms. The second kappa shape index (κ2) is 37.1. The van der Waals surface area contributed by atoms with Gasteiger partial charge in [0.25, 0.3) is 10.1 Å². The van der Waals surface area contributed by atoms with Crippen LogP contribution in [-0.2, 0) is 14.9 Å². The molecule has 0 aromatic carbocycles. The van der Waals surface area contributed by atoms with Gasteiger partial charge in [-0.1, -0.05) is 172 Å². The molecular formula is C43H79NO5S. The Kier molecular flexibility index (Phi) is 35.8. The maximum Gasteiger partial charge on any atom is 0.267 e. The molecule has 0 aliphatic carbocycles. The molecule has 0 rings (SSSR count). The number of unbranched alkanes of at least 4 members (excludes halogenated alkanes) is 23. The van der Waals surface area contributed by atoms with E-state index in [2.05, 4.69) is 55.6 Å². The molecule has 2 atom stereocenters. The number of hydrogen-bond acceptors (Lipinski definition) is 4. The number of aliphatic hydroxyl groups excluding tert-OH is 1. The number of rotatable bonds is 37. The van der Waals surface area contributed by atoms with Gasteiger partial charge in [0, 0.05) is 6.42 Å². The van der Waals surface area contributed by atoms with E-state index >= 15 is 0 Å². The minimum atomic E-state index is -4.36. The Morgan fingerprint density at radius 1 is 0.520 bits per heavy atom. The van der Waals surface area contributed by atoms with Crippen molar-refractivity contribution in [2.75, 3.05) is 5.75 Å². The zero-order chi connectivity index (χ0) is 36.8. The van der Waals surface area contributed by atoms with Gasteiger partial charge in [-0.2, -0.15) is 8.42 Å². The molecule has 0 spiro atoms. The van der Waals surface area contributed by atoms with Crippen LogP contribution in [0.2, 0.25) is 0 Å². The summed E-state index contributed by atoms with van der Waals surface area (Å²) in [5.74, 6) is -1.01. The SMILES string of the molecule is CCCCCC/C=C/CC/C=C/CC/C=C/C(O)C(CS(=O)(=O)O)NC(=O)CCCCCCCCCCC/C=C\CCCCCCCCCC. The number of hydrogen-bond donors (Lipinski definition) is 3. The summed E-state index contributed by atoms with van der Waals surface area (Å²) in [6.45, 7) is 4.50. The van der Waals surface area contributed by atoms with Crippen molar-refractivity contribution in [2.24, 2.45) is 0 Å². The Hall–Kier alpha value is -1.70. The van der Waals surface area contributed by atoms with Crippen LogP contribution in [0.15, 0.2) is 48.6 Å². The number of nitrogens with one attached hydrogen (secondary N) is 1. The Labute approximate surface area is 309 Å². The lowest BCUT2D eigenvalue weighted by Crippen LogP contribution is -2.46. The van der Waals surface area contributed by atoms with Gasteiger partial charge in [-0.05, 0) is 70.6 Å². The fourth-order valence-electron chi connectivity index (χ4n) is 6.06. The van der Waals surface area contributed by atoms with Crippen molar-refractivity contribution in [3.8, 4) is 0 Å². The lowest BCUT2D eigenvalue weighted by Gasteiger charge is -2.21. The third-order valence-electron chi connectivity index (χ3n) is 9.21. The molecule has 7 heteroatoms. The highest BCUT2D eigenvalue weighted by atomic mass is 32.2. The predicted octanol–water partition coefficient (Wildman–Crippen LogP) is 12.3. The van der Waals surface area contributed by atoms with Crippen LogP contribution < -0.4 is 5.32 Å². The Balaban J connectivity index is 3.93. The second-order valence-corrected chi connectivity index (χ2v) is 15.7. The van der Waals surface area contributed by atoms with Gasteiger partial charge in [0.1, 0.15) is 0 Å². The zero-order valence-electron chi connectivity index (χ0n) is 32.5. The van der Waals surface area contributed by atoms with Gasteiger partial charge < -0.3 is 10.4 Å². The third-order valence-corrected chi connectivity index (χ3v) is 9.99. The largest absolute Gasteiger partial charge is 0.387 e. The van der Waals surface area contributed by atoms with E-state index in [-0.39, 0.29) is 12.3 Å². The van der Waals surface area contributed by atoms with Crippen LogP contribution in [0.3, 0.4) is 0 Å². The van der Waals surface area contributed by atoms with E-state index in [1.807, 2.05) is 0 Å². The average Bonchev–Trinajstić information content (AvgIpc) is 3.08. The summed E-state index contributed by atoms with van der Waals surface area (Å²) in [5.41, 5.74) is 0. The van der Waals surface area contributed by atoms with E-state index in [1.54, 1.807) is 6.08 Å². The third kappa shape index (κ3) is 37.6. The van der Waals surface area contributed by atoms with Gasteiger partial charge in [-0.15, -0.1) is 0 Å². The van der Waals surface area contributed by atoms with Crippen molar-refractivity contribution in [1.29, 1.82) is 0 Å². The molecule has 0 aliphatic rings. The maximum atomic E-state index is 12.5. The van der Waals surface area contributed by atoms with Gasteiger partial charge in [0.2, 0.25) is 5.91 Å². The molecule has 0 bridgehead atoms. The zero-order valence-corrected chi connectivity index (χ0v) is 33.3. The topological polar surface area (TPSA) is 104 Å². The van der Waals surface area contributed by atoms with Crippen LogP contribution in [0, 0.1) is 0 Å². The Morgan fingerprint density at radius 2 is 0.860 bits per heavy atom. The van der Waals surface area contributed by atoms with Crippen molar-refractivity contribution in [1.82, 2.24) is 5.32 Å². The van der Waals surface area contributed by atoms with Gasteiger partial charge in [0.15, 0.2) is 0 Å². The first-order chi connectivity index (χ1) is 24.3. The maximum absolute atomic E-state index is 12.5. The molecule has 6 nitrogen and oxygen atoms in total. The highest BCUT2D eigenvalue weighted by Crippen LogP contribution is 2.13. The van der Waals surface area contributed by atoms with E-state index in [9.17, 15) is 22.9 Å². The molecule has 0 heterocycles. The van der Waals surface area contributed by atoms with Gasteiger partial charge >= 0.3 is 0 Å². The summed E-state index contributed by atoms with van der Waals surface area (Å²) in [5, 5.41) is 13.2. The van der Waals surface area contributed by atoms with Crippen LogP contribution in [-0.4, -0.2) is 41.9 Å². The number of carbonyl (C=O) groups is 1. The monoisotopic (exact) mass is 722 g/mol. The van der Waals surface area contributed by atoms with Gasteiger partial charge in [-0.25, -0.2) is 0 Å². The lowest BCUT2D eigenvalue weighted by atomic mass is 10.0. The first-order valence-electron chi connectivity index (χ1n) is 20.8. The van der Waals surface area contributed by atoms with Crippen LogP contribution in [0.5, 0.6) is 0 Å². The molecule has 0 fully saturated rings. The first kappa shape index (κ1) is 48.3.